The largest absolute Gasteiger partial charge is 0.496 e. The molecule has 3 heteroatoms. The van der Waals surface area contributed by atoms with E-state index in [1.165, 1.54) is 0 Å². The summed E-state index contributed by atoms with van der Waals surface area (Å²) in [7, 11) is 5.05. The molecule has 3 nitrogen and oxygen atoms in total. The summed E-state index contributed by atoms with van der Waals surface area (Å²) in [6, 6.07) is 5.96. The summed E-state index contributed by atoms with van der Waals surface area (Å²) in [6.07, 6.45) is 3.92. The zero-order valence-corrected chi connectivity index (χ0v) is 9.77. The molecule has 1 aromatic rings. The smallest absolute Gasteiger partial charge is 0.126 e. The van der Waals surface area contributed by atoms with Gasteiger partial charge in [-0.3, -0.25) is 0 Å². The molecule has 2 atom stereocenters. The average Bonchev–Trinajstić information content (AvgIpc) is 2.36. The number of hydrogen-bond acceptors (Lipinski definition) is 3. The Bertz CT molecular complexity index is 398. The van der Waals surface area contributed by atoms with Crippen LogP contribution < -0.4 is 4.74 Å². The minimum Gasteiger partial charge on any atom is -0.496 e. The fourth-order valence-electron chi connectivity index (χ4n) is 2.10. The highest BCUT2D eigenvalue weighted by Gasteiger charge is 2.27. The fourth-order valence-corrected chi connectivity index (χ4v) is 2.10. The Balaban J connectivity index is 2.48. The van der Waals surface area contributed by atoms with Crippen molar-refractivity contribution in [2.75, 3.05) is 21.3 Å². The Morgan fingerprint density at radius 3 is 2.50 bits per heavy atom. The highest BCUT2D eigenvalue weighted by Crippen LogP contribution is 2.36. The van der Waals surface area contributed by atoms with Gasteiger partial charge in [-0.1, -0.05) is 24.3 Å². The van der Waals surface area contributed by atoms with E-state index in [1.807, 2.05) is 30.4 Å². The van der Waals surface area contributed by atoms with Crippen molar-refractivity contribution in [3.05, 3.63) is 35.4 Å². The van der Waals surface area contributed by atoms with Gasteiger partial charge in [-0.15, -0.1) is 0 Å². The molecule has 0 unspecified atom stereocenters. The summed E-state index contributed by atoms with van der Waals surface area (Å²) in [5, 5.41) is 0. The van der Waals surface area contributed by atoms with Crippen molar-refractivity contribution in [3.8, 4) is 5.75 Å². The number of methoxy groups -OCH3 is 3. The normalized spacial score (nSPS) is 22.9. The molecule has 0 N–H and O–H groups in total. The molecule has 0 fully saturated rings. The molecule has 86 valence electrons. The first kappa shape index (κ1) is 11.2. The Hall–Kier alpha value is -1.32. The standard InChI is InChI=1S/C13H16O3/c1-14-11-6-4-5-10-9(11)7-8-12(15-2)13(10)16-3/h4-8,12-13H,1-3H3/t12-,13+/m1/s1. The lowest BCUT2D eigenvalue weighted by atomic mass is 9.92. The first-order valence-corrected chi connectivity index (χ1v) is 5.22. The van der Waals surface area contributed by atoms with Crippen LogP contribution in [-0.4, -0.2) is 27.4 Å². The molecule has 1 aliphatic carbocycles. The van der Waals surface area contributed by atoms with Gasteiger partial charge in [0.15, 0.2) is 0 Å². The zero-order valence-electron chi connectivity index (χ0n) is 9.77. The third-order valence-electron chi connectivity index (χ3n) is 2.90. The first-order chi connectivity index (χ1) is 7.81. The molecule has 0 heterocycles. The van der Waals surface area contributed by atoms with Crippen LogP contribution in [0.3, 0.4) is 0 Å². The second-order valence-corrected chi connectivity index (χ2v) is 3.68. The number of benzene rings is 1. The second kappa shape index (κ2) is 4.68. The van der Waals surface area contributed by atoms with Gasteiger partial charge < -0.3 is 14.2 Å². The van der Waals surface area contributed by atoms with Crippen LogP contribution >= 0.6 is 0 Å². The van der Waals surface area contributed by atoms with E-state index in [-0.39, 0.29) is 12.2 Å². The summed E-state index contributed by atoms with van der Waals surface area (Å²) in [6.45, 7) is 0. The van der Waals surface area contributed by atoms with E-state index in [0.717, 1.165) is 16.9 Å². The van der Waals surface area contributed by atoms with Gasteiger partial charge in [-0.25, -0.2) is 0 Å². The highest BCUT2D eigenvalue weighted by atomic mass is 16.5. The predicted octanol–water partition coefficient (Wildman–Crippen LogP) is 2.42. The lowest BCUT2D eigenvalue weighted by Crippen LogP contribution is -2.23. The minimum atomic E-state index is -0.0694. The number of hydrogen-bond donors (Lipinski definition) is 0. The number of ether oxygens (including phenoxy) is 3. The molecule has 0 saturated heterocycles. The summed E-state index contributed by atoms with van der Waals surface area (Å²) in [5.74, 6) is 0.866. The quantitative estimate of drug-likeness (QED) is 0.783. The highest BCUT2D eigenvalue weighted by molar-refractivity contribution is 5.64. The Morgan fingerprint density at radius 2 is 1.88 bits per heavy atom. The zero-order chi connectivity index (χ0) is 11.5. The van der Waals surface area contributed by atoms with Gasteiger partial charge in [0.25, 0.3) is 0 Å². The first-order valence-electron chi connectivity index (χ1n) is 5.22. The molecule has 0 saturated carbocycles. The van der Waals surface area contributed by atoms with E-state index in [1.54, 1.807) is 21.3 Å². The van der Waals surface area contributed by atoms with Gasteiger partial charge >= 0.3 is 0 Å². The predicted molar refractivity (Wildman–Crippen MR) is 62.6 cm³/mol. The molecular weight excluding hydrogens is 204 g/mol. The van der Waals surface area contributed by atoms with E-state index >= 15 is 0 Å². The van der Waals surface area contributed by atoms with Crippen LogP contribution in [0.5, 0.6) is 5.75 Å². The summed E-state index contributed by atoms with van der Waals surface area (Å²) >= 11 is 0. The van der Waals surface area contributed by atoms with Crippen LogP contribution in [0.2, 0.25) is 0 Å². The molecule has 1 aromatic carbocycles. The fraction of sp³-hybridized carbons (Fsp3) is 0.385. The van der Waals surface area contributed by atoms with Crippen molar-refractivity contribution in [2.24, 2.45) is 0 Å². The molecule has 0 amide bonds. The maximum absolute atomic E-state index is 5.49. The maximum atomic E-state index is 5.49. The third-order valence-corrected chi connectivity index (χ3v) is 2.90. The molecule has 2 rings (SSSR count). The monoisotopic (exact) mass is 220 g/mol. The maximum Gasteiger partial charge on any atom is 0.126 e. The number of fused-ring (bicyclic) bond motifs is 1. The SMILES string of the molecule is COc1cccc2c1C=C[C@@H](OC)[C@H]2OC. The lowest BCUT2D eigenvalue weighted by Gasteiger charge is -2.28. The summed E-state index contributed by atoms with van der Waals surface area (Å²) < 4.78 is 16.2. The van der Waals surface area contributed by atoms with Crippen LogP contribution in [-0.2, 0) is 9.47 Å². The topological polar surface area (TPSA) is 27.7 Å². The Labute approximate surface area is 95.6 Å². The van der Waals surface area contributed by atoms with E-state index in [0.29, 0.717) is 0 Å². The van der Waals surface area contributed by atoms with Gasteiger partial charge in [0.1, 0.15) is 18.0 Å². The molecule has 0 aromatic heterocycles. The average molecular weight is 220 g/mol. The van der Waals surface area contributed by atoms with Crippen molar-refractivity contribution >= 4 is 6.08 Å². The van der Waals surface area contributed by atoms with Crippen LogP contribution in [0, 0.1) is 0 Å². The summed E-state index contributed by atoms with van der Waals surface area (Å²) in [4.78, 5) is 0. The number of rotatable bonds is 3. The molecule has 0 spiro atoms. The molecule has 0 radical (unpaired) electrons. The lowest BCUT2D eigenvalue weighted by molar-refractivity contribution is -0.0139. The molecular formula is C13H16O3. The van der Waals surface area contributed by atoms with Crippen LogP contribution in [0.25, 0.3) is 6.08 Å². The van der Waals surface area contributed by atoms with Crippen LogP contribution in [0.15, 0.2) is 24.3 Å². The van der Waals surface area contributed by atoms with Crippen molar-refractivity contribution < 1.29 is 14.2 Å². The minimum absolute atomic E-state index is 0.0374. The van der Waals surface area contributed by atoms with Crippen LogP contribution in [0.1, 0.15) is 17.2 Å². The van der Waals surface area contributed by atoms with Gasteiger partial charge in [0, 0.05) is 19.8 Å². The molecule has 0 aliphatic heterocycles. The van der Waals surface area contributed by atoms with E-state index in [2.05, 4.69) is 0 Å². The van der Waals surface area contributed by atoms with Crippen molar-refractivity contribution in [1.29, 1.82) is 0 Å². The van der Waals surface area contributed by atoms with Crippen molar-refractivity contribution in [2.45, 2.75) is 12.2 Å². The Kier molecular flexibility index (Phi) is 3.27. The van der Waals surface area contributed by atoms with Gasteiger partial charge in [-0.2, -0.15) is 0 Å². The Morgan fingerprint density at radius 1 is 1.06 bits per heavy atom. The molecule has 16 heavy (non-hydrogen) atoms. The van der Waals surface area contributed by atoms with Crippen LogP contribution in [0.4, 0.5) is 0 Å². The van der Waals surface area contributed by atoms with E-state index in [9.17, 15) is 0 Å². The van der Waals surface area contributed by atoms with Gasteiger partial charge in [0.05, 0.1) is 7.11 Å². The van der Waals surface area contributed by atoms with E-state index in [4.69, 9.17) is 14.2 Å². The van der Waals surface area contributed by atoms with E-state index < -0.39 is 0 Å². The second-order valence-electron chi connectivity index (χ2n) is 3.68. The van der Waals surface area contributed by atoms with Gasteiger partial charge in [0.2, 0.25) is 0 Å². The molecule has 0 bridgehead atoms. The summed E-state index contributed by atoms with van der Waals surface area (Å²) in [5.41, 5.74) is 2.18. The van der Waals surface area contributed by atoms with Crippen molar-refractivity contribution in [1.82, 2.24) is 0 Å². The molecule has 1 aliphatic rings. The third kappa shape index (κ3) is 1.72. The van der Waals surface area contributed by atoms with Gasteiger partial charge in [-0.05, 0) is 11.6 Å². The van der Waals surface area contributed by atoms with Crippen molar-refractivity contribution in [3.63, 3.8) is 0 Å².